The molecule has 144 valence electrons. The van der Waals surface area contributed by atoms with Gasteiger partial charge in [-0.2, -0.15) is 0 Å². The van der Waals surface area contributed by atoms with E-state index in [1.165, 1.54) is 0 Å². The number of benzene rings is 1. The van der Waals surface area contributed by atoms with Crippen LogP contribution in [0.4, 0.5) is 16.2 Å². The van der Waals surface area contributed by atoms with Gasteiger partial charge in [-0.1, -0.05) is 23.7 Å². The van der Waals surface area contributed by atoms with Gasteiger partial charge in [0.1, 0.15) is 11.4 Å². The van der Waals surface area contributed by atoms with Gasteiger partial charge in [-0.15, -0.1) is 0 Å². The largest absolute Gasteiger partial charge is 0.450 e. The minimum absolute atomic E-state index is 0.332. The van der Waals surface area contributed by atoms with Crippen molar-refractivity contribution < 1.29 is 9.53 Å². The molecule has 0 aliphatic carbocycles. The Morgan fingerprint density at radius 1 is 1.11 bits per heavy atom. The first-order valence-corrected chi connectivity index (χ1v) is 9.37. The molecule has 3 rings (SSSR count). The number of ether oxygens (including phenoxy) is 1. The lowest BCUT2D eigenvalue weighted by molar-refractivity contribution is 0.105. The lowest BCUT2D eigenvalue weighted by Crippen LogP contribution is -2.53. The van der Waals surface area contributed by atoms with Crippen LogP contribution in [0.1, 0.15) is 12.5 Å². The Labute approximate surface area is 162 Å². The molecular weight excluding hydrogens is 370 g/mol. The van der Waals surface area contributed by atoms with E-state index in [9.17, 15) is 14.4 Å². The second-order valence-electron chi connectivity index (χ2n) is 6.36. The molecule has 1 N–H and O–H groups in total. The number of hydrogen-bond acceptors (Lipinski definition) is 6. The SMILES string of the molecule is CCOC(=O)N1CCN(c2c(NCCc3ccc(Cl)cc3)c(=O)c2=O)CC1. The van der Waals surface area contributed by atoms with Crippen molar-refractivity contribution in [2.75, 3.05) is 49.5 Å². The molecule has 0 aromatic heterocycles. The average Bonchev–Trinajstić information content (AvgIpc) is 2.68. The van der Waals surface area contributed by atoms with Gasteiger partial charge >= 0.3 is 6.09 Å². The van der Waals surface area contributed by atoms with Crippen molar-refractivity contribution in [1.29, 1.82) is 0 Å². The Morgan fingerprint density at radius 3 is 2.41 bits per heavy atom. The van der Waals surface area contributed by atoms with E-state index in [2.05, 4.69) is 5.32 Å². The molecule has 1 aliphatic rings. The van der Waals surface area contributed by atoms with Gasteiger partial charge in [0.15, 0.2) is 0 Å². The van der Waals surface area contributed by atoms with Crippen LogP contribution < -0.4 is 21.1 Å². The second kappa shape index (κ2) is 8.43. The molecular formula is C19H22ClN3O4. The number of amides is 1. The summed E-state index contributed by atoms with van der Waals surface area (Å²) in [5.74, 6) is 0. The number of nitrogens with zero attached hydrogens (tertiary/aromatic N) is 2. The van der Waals surface area contributed by atoms with E-state index >= 15 is 0 Å². The van der Waals surface area contributed by atoms with Gasteiger partial charge in [-0.25, -0.2) is 4.79 Å². The Kier molecular flexibility index (Phi) is 6.01. The highest BCUT2D eigenvalue weighted by Crippen LogP contribution is 2.22. The van der Waals surface area contributed by atoms with E-state index in [1.54, 1.807) is 11.8 Å². The van der Waals surface area contributed by atoms with Gasteiger partial charge in [0.05, 0.1) is 6.61 Å². The molecule has 0 radical (unpaired) electrons. The van der Waals surface area contributed by atoms with Crippen LogP contribution in [-0.2, 0) is 11.2 Å². The molecule has 2 aromatic rings. The summed E-state index contributed by atoms with van der Waals surface area (Å²) >= 11 is 5.87. The molecule has 2 aromatic carbocycles. The first-order valence-electron chi connectivity index (χ1n) is 8.99. The Hall–Kier alpha value is -2.54. The topological polar surface area (TPSA) is 79.0 Å². The standard InChI is InChI=1S/C19H22ClN3O4/c1-2-27-19(26)23-11-9-22(10-12-23)16-15(17(24)18(16)25)21-8-7-13-3-5-14(20)6-4-13/h3-6,21H,2,7-12H2,1H3. The maximum Gasteiger partial charge on any atom is 0.409 e. The minimum atomic E-state index is -0.478. The molecule has 0 saturated carbocycles. The van der Waals surface area contributed by atoms with Crippen LogP contribution in [0.25, 0.3) is 0 Å². The maximum absolute atomic E-state index is 12.1. The number of piperazine rings is 1. The molecule has 0 spiro atoms. The molecule has 0 bridgehead atoms. The summed E-state index contributed by atoms with van der Waals surface area (Å²) in [6, 6.07) is 7.51. The van der Waals surface area contributed by atoms with Crippen molar-refractivity contribution in [3.8, 4) is 0 Å². The maximum atomic E-state index is 12.1. The molecule has 1 fully saturated rings. The lowest BCUT2D eigenvalue weighted by atomic mass is 10.1. The first kappa shape index (κ1) is 19.2. The van der Waals surface area contributed by atoms with Crippen LogP contribution in [0, 0.1) is 0 Å². The predicted octanol–water partition coefficient (Wildman–Crippen LogP) is 1.87. The van der Waals surface area contributed by atoms with Crippen LogP contribution in [0.3, 0.4) is 0 Å². The van der Waals surface area contributed by atoms with E-state index in [-0.39, 0.29) is 6.09 Å². The third-order valence-electron chi connectivity index (χ3n) is 4.64. The summed E-state index contributed by atoms with van der Waals surface area (Å²) in [4.78, 5) is 39.3. The normalized spacial score (nSPS) is 14.4. The lowest BCUT2D eigenvalue weighted by Gasteiger charge is -2.36. The fourth-order valence-electron chi connectivity index (χ4n) is 3.16. The van der Waals surface area contributed by atoms with Crippen molar-refractivity contribution in [2.24, 2.45) is 0 Å². The number of halogens is 1. The highest BCUT2D eigenvalue weighted by Gasteiger charge is 2.29. The molecule has 0 unspecified atom stereocenters. The van der Waals surface area contributed by atoms with Gasteiger partial charge in [0.2, 0.25) is 0 Å². The third kappa shape index (κ3) is 4.24. The average molecular weight is 392 g/mol. The van der Waals surface area contributed by atoms with Crippen LogP contribution in [-0.4, -0.2) is 50.3 Å². The number of rotatable bonds is 6. The van der Waals surface area contributed by atoms with E-state index in [1.807, 2.05) is 29.2 Å². The number of nitrogens with one attached hydrogen (secondary N) is 1. The summed E-state index contributed by atoms with van der Waals surface area (Å²) in [6.07, 6.45) is 0.370. The summed E-state index contributed by atoms with van der Waals surface area (Å²) in [5, 5.41) is 3.77. The molecule has 7 nitrogen and oxygen atoms in total. The molecule has 1 heterocycles. The van der Waals surface area contributed by atoms with Crippen LogP contribution >= 0.6 is 11.6 Å². The zero-order valence-electron chi connectivity index (χ0n) is 15.2. The zero-order chi connectivity index (χ0) is 19.4. The van der Waals surface area contributed by atoms with Gasteiger partial charge in [-0.05, 0) is 31.0 Å². The number of carbonyl (C=O) groups excluding carboxylic acids is 1. The number of anilines is 2. The van der Waals surface area contributed by atoms with Gasteiger partial charge in [0.25, 0.3) is 10.9 Å². The van der Waals surface area contributed by atoms with Crippen LogP contribution in [0.15, 0.2) is 33.9 Å². The molecule has 0 atom stereocenters. The molecule has 1 amide bonds. The van der Waals surface area contributed by atoms with Gasteiger partial charge in [-0.3, -0.25) is 9.59 Å². The van der Waals surface area contributed by atoms with Crippen molar-refractivity contribution in [3.63, 3.8) is 0 Å². The van der Waals surface area contributed by atoms with Crippen molar-refractivity contribution in [1.82, 2.24) is 4.90 Å². The van der Waals surface area contributed by atoms with Crippen LogP contribution in [0.2, 0.25) is 5.02 Å². The smallest absolute Gasteiger partial charge is 0.409 e. The van der Waals surface area contributed by atoms with Crippen molar-refractivity contribution in [3.05, 3.63) is 55.3 Å². The summed E-state index contributed by atoms with van der Waals surface area (Å²) in [5.41, 5.74) is 0.955. The van der Waals surface area contributed by atoms with E-state index < -0.39 is 10.9 Å². The summed E-state index contributed by atoms with van der Waals surface area (Å²) < 4.78 is 4.99. The third-order valence-corrected chi connectivity index (χ3v) is 4.89. The molecule has 27 heavy (non-hydrogen) atoms. The van der Waals surface area contributed by atoms with Crippen LogP contribution in [0.5, 0.6) is 0 Å². The van der Waals surface area contributed by atoms with Crippen molar-refractivity contribution in [2.45, 2.75) is 13.3 Å². The Balaban J connectivity index is 1.57. The fourth-order valence-corrected chi connectivity index (χ4v) is 3.28. The highest BCUT2D eigenvalue weighted by molar-refractivity contribution is 6.30. The summed E-state index contributed by atoms with van der Waals surface area (Å²) in [6.45, 7) is 4.55. The van der Waals surface area contributed by atoms with E-state index in [0.717, 1.165) is 5.56 Å². The fraction of sp³-hybridized carbons (Fsp3) is 0.421. The van der Waals surface area contributed by atoms with Gasteiger partial charge < -0.3 is 19.9 Å². The quantitative estimate of drug-likeness (QED) is 0.757. The monoisotopic (exact) mass is 391 g/mol. The molecule has 1 saturated heterocycles. The molecule has 8 heteroatoms. The second-order valence-corrected chi connectivity index (χ2v) is 6.79. The van der Waals surface area contributed by atoms with E-state index in [4.69, 9.17) is 16.3 Å². The number of hydrogen-bond donors (Lipinski definition) is 1. The Morgan fingerprint density at radius 2 is 1.78 bits per heavy atom. The summed E-state index contributed by atoms with van der Waals surface area (Å²) in [7, 11) is 0. The molecule has 1 aliphatic heterocycles. The van der Waals surface area contributed by atoms with Gasteiger partial charge in [0, 0.05) is 37.7 Å². The minimum Gasteiger partial charge on any atom is -0.450 e. The Bertz CT molecular complexity index is 866. The predicted molar refractivity (Wildman–Crippen MR) is 106 cm³/mol. The van der Waals surface area contributed by atoms with Crippen molar-refractivity contribution >= 4 is 29.1 Å². The zero-order valence-corrected chi connectivity index (χ0v) is 15.9. The number of carbonyl (C=O) groups is 1. The highest BCUT2D eigenvalue weighted by atomic mass is 35.5. The first-order chi connectivity index (χ1) is 13.0. The van der Waals surface area contributed by atoms with E-state index in [0.29, 0.717) is 62.1 Å².